The van der Waals surface area contributed by atoms with E-state index in [9.17, 15) is 4.79 Å². The van der Waals surface area contributed by atoms with Crippen LogP contribution in [0.1, 0.15) is 78.6 Å². The average Bonchev–Trinajstić information content (AvgIpc) is 3.19. The summed E-state index contributed by atoms with van der Waals surface area (Å²) in [4.78, 5) is 12.1. The Hall–Kier alpha value is 0.000649. The minimum Gasteiger partial charge on any atom is -0.469 e. The standard InChI is InChI=1S/C34H66O5Si3/c1-23(14-17-31(35)36-4)26-15-16-27-32-28(22-30(34(26,27)3)39-42(11,12)13)33(2)19-18-25(37-40(5,6)7)20-24(33)21-29(32)38-41(8,9)10/h23-30,32H,14-22H2,1-13H3/t23-,24+,25+,26-,27+,28+,29+,30-,32+,33+,34-/m1/s1. The highest BCUT2D eigenvalue weighted by atomic mass is 28.4. The first-order chi connectivity index (χ1) is 19.2. The van der Waals surface area contributed by atoms with Crippen LogP contribution in [-0.2, 0) is 22.8 Å². The summed E-state index contributed by atoms with van der Waals surface area (Å²) in [6.45, 7) is 29.0. The lowest BCUT2D eigenvalue weighted by molar-refractivity contribution is -0.199. The van der Waals surface area contributed by atoms with Crippen LogP contribution < -0.4 is 0 Å². The highest BCUT2D eigenvalue weighted by molar-refractivity contribution is 6.70. The van der Waals surface area contributed by atoms with E-state index in [0.717, 1.165) is 6.42 Å². The van der Waals surface area contributed by atoms with Gasteiger partial charge in [0.2, 0.25) is 0 Å². The van der Waals surface area contributed by atoms with E-state index >= 15 is 0 Å². The zero-order chi connectivity index (χ0) is 31.5. The smallest absolute Gasteiger partial charge is 0.305 e. The van der Waals surface area contributed by atoms with Crippen LogP contribution in [0.5, 0.6) is 0 Å². The van der Waals surface area contributed by atoms with Gasteiger partial charge in [0.1, 0.15) is 0 Å². The van der Waals surface area contributed by atoms with Crippen LogP contribution in [0.2, 0.25) is 58.9 Å². The van der Waals surface area contributed by atoms with E-state index < -0.39 is 25.0 Å². The molecule has 4 rings (SSSR count). The van der Waals surface area contributed by atoms with Crippen molar-refractivity contribution in [2.45, 2.75) is 156 Å². The van der Waals surface area contributed by atoms with Gasteiger partial charge in [0.15, 0.2) is 25.0 Å². The van der Waals surface area contributed by atoms with Crippen molar-refractivity contribution < 1.29 is 22.8 Å². The quantitative estimate of drug-likeness (QED) is 0.176. The molecule has 0 spiro atoms. The number of hydrogen-bond acceptors (Lipinski definition) is 5. The van der Waals surface area contributed by atoms with Crippen molar-refractivity contribution in [1.29, 1.82) is 0 Å². The van der Waals surface area contributed by atoms with E-state index in [0.29, 0.717) is 59.6 Å². The lowest BCUT2D eigenvalue weighted by Crippen LogP contribution is -2.64. The number of hydrogen-bond donors (Lipinski definition) is 0. The Labute approximate surface area is 262 Å². The molecule has 4 fully saturated rings. The molecular weight excluding hydrogens is 573 g/mol. The Bertz CT molecular complexity index is 954. The fourth-order valence-electron chi connectivity index (χ4n) is 10.5. The monoisotopic (exact) mass is 638 g/mol. The number of carbonyl (C=O) groups is 1. The van der Waals surface area contributed by atoms with Crippen LogP contribution in [0, 0.1) is 46.3 Å². The molecule has 11 atom stereocenters. The van der Waals surface area contributed by atoms with Crippen molar-refractivity contribution in [3.05, 3.63) is 0 Å². The van der Waals surface area contributed by atoms with Crippen LogP contribution in [0.15, 0.2) is 0 Å². The van der Waals surface area contributed by atoms with Crippen molar-refractivity contribution >= 4 is 30.9 Å². The summed E-state index contributed by atoms with van der Waals surface area (Å²) < 4.78 is 26.4. The Balaban J connectivity index is 1.72. The first-order valence-corrected chi connectivity index (χ1v) is 27.5. The second-order valence-corrected chi connectivity index (χ2v) is 31.6. The van der Waals surface area contributed by atoms with E-state index in [1.54, 1.807) is 0 Å². The topological polar surface area (TPSA) is 54.0 Å². The van der Waals surface area contributed by atoms with Gasteiger partial charge in [-0.2, -0.15) is 0 Å². The molecule has 0 amide bonds. The van der Waals surface area contributed by atoms with Crippen molar-refractivity contribution in [1.82, 2.24) is 0 Å². The van der Waals surface area contributed by atoms with Gasteiger partial charge in [-0.1, -0.05) is 20.8 Å². The number of rotatable bonds is 10. The van der Waals surface area contributed by atoms with E-state index in [4.69, 9.17) is 18.0 Å². The van der Waals surface area contributed by atoms with Crippen molar-refractivity contribution in [2.75, 3.05) is 7.11 Å². The summed E-state index contributed by atoms with van der Waals surface area (Å²) in [6, 6.07) is 0. The predicted molar refractivity (Wildman–Crippen MR) is 181 cm³/mol. The third-order valence-corrected chi connectivity index (χ3v) is 15.0. The second kappa shape index (κ2) is 12.3. The van der Waals surface area contributed by atoms with Crippen molar-refractivity contribution in [3.8, 4) is 0 Å². The molecule has 4 aliphatic carbocycles. The highest BCUT2D eigenvalue weighted by Gasteiger charge is 2.67. The van der Waals surface area contributed by atoms with Crippen molar-refractivity contribution in [2.24, 2.45) is 46.3 Å². The molecule has 0 saturated heterocycles. The third-order valence-electron chi connectivity index (χ3n) is 12.0. The fourth-order valence-corrected chi connectivity index (χ4v) is 14.1. The number of methoxy groups -OCH3 is 1. The molecule has 5 nitrogen and oxygen atoms in total. The number of ether oxygens (including phenoxy) is 1. The first kappa shape index (κ1) is 34.9. The molecule has 0 aromatic rings. The maximum Gasteiger partial charge on any atom is 0.305 e. The Morgan fingerprint density at radius 3 is 2.00 bits per heavy atom. The average molecular weight is 639 g/mol. The van der Waals surface area contributed by atoms with E-state index in [1.165, 1.54) is 52.1 Å². The summed E-state index contributed by atoms with van der Waals surface area (Å²) in [5.74, 6) is 3.45. The normalized spacial score (nSPS) is 41.5. The first-order valence-electron chi connectivity index (χ1n) is 17.3. The minimum atomic E-state index is -1.79. The molecule has 42 heavy (non-hydrogen) atoms. The highest BCUT2D eigenvalue weighted by Crippen LogP contribution is 2.69. The van der Waals surface area contributed by atoms with Gasteiger partial charge >= 0.3 is 5.97 Å². The van der Waals surface area contributed by atoms with Crippen LogP contribution in [0.25, 0.3) is 0 Å². The SMILES string of the molecule is COC(=O)CC[C@@H](C)[C@H]1CC[C@H]2[C@@H]3[C@@H](O[Si](C)(C)C)C[C@@H]4C[C@@H](O[Si](C)(C)C)CC[C@]4(C)[C@H]3C[C@@H](O[Si](C)(C)C)[C@]12C. The molecule has 4 aliphatic rings. The largest absolute Gasteiger partial charge is 0.469 e. The number of fused-ring (bicyclic) bond motifs is 5. The summed E-state index contributed by atoms with van der Waals surface area (Å²) in [5.41, 5.74) is 0.430. The molecule has 0 aromatic heterocycles. The van der Waals surface area contributed by atoms with E-state index in [-0.39, 0.29) is 17.5 Å². The third kappa shape index (κ3) is 7.35. The fraction of sp³-hybridized carbons (Fsp3) is 0.971. The molecule has 0 N–H and O–H groups in total. The lowest BCUT2D eigenvalue weighted by atomic mass is 9.43. The van der Waals surface area contributed by atoms with Gasteiger partial charge < -0.3 is 18.0 Å². The van der Waals surface area contributed by atoms with E-state index in [2.05, 4.69) is 79.7 Å². The molecule has 244 valence electrons. The molecule has 0 heterocycles. The summed E-state index contributed by atoms with van der Waals surface area (Å²) >= 11 is 0. The molecule has 8 heteroatoms. The van der Waals surface area contributed by atoms with Gasteiger partial charge in [-0.15, -0.1) is 0 Å². The maximum atomic E-state index is 12.1. The second-order valence-electron chi connectivity index (χ2n) is 18.2. The number of esters is 1. The van der Waals surface area contributed by atoms with Crippen molar-refractivity contribution in [3.63, 3.8) is 0 Å². The molecule has 0 bridgehead atoms. The van der Waals surface area contributed by atoms with Crippen LogP contribution in [0.4, 0.5) is 0 Å². The Morgan fingerprint density at radius 2 is 1.43 bits per heavy atom. The summed E-state index contributed by atoms with van der Waals surface area (Å²) in [6.07, 6.45) is 11.0. The number of carbonyl (C=O) groups excluding carboxylic acids is 1. The van der Waals surface area contributed by atoms with Gasteiger partial charge in [-0.05, 0) is 157 Å². The maximum absolute atomic E-state index is 12.1. The predicted octanol–water partition coefficient (Wildman–Crippen LogP) is 9.11. The van der Waals surface area contributed by atoms with E-state index in [1.807, 2.05) is 0 Å². The molecule has 0 radical (unpaired) electrons. The van der Waals surface area contributed by atoms with Crippen LogP contribution in [-0.4, -0.2) is 56.3 Å². The Morgan fingerprint density at radius 1 is 0.810 bits per heavy atom. The molecule has 0 unspecified atom stereocenters. The molecular formula is C34H66O5Si3. The minimum absolute atomic E-state index is 0.0799. The summed E-state index contributed by atoms with van der Waals surface area (Å²) in [7, 11) is -3.61. The van der Waals surface area contributed by atoms with Gasteiger partial charge in [0, 0.05) is 18.6 Å². The zero-order valence-corrected chi connectivity index (χ0v) is 32.6. The molecule has 0 aliphatic heterocycles. The van der Waals surface area contributed by atoms with Crippen LogP contribution in [0.3, 0.4) is 0 Å². The lowest BCUT2D eigenvalue weighted by Gasteiger charge is -2.66. The molecule has 4 saturated carbocycles. The van der Waals surface area contributed by atoms with Gasteiger partial charge in [-0.3, -0.25) is 4.79 Å². The summed E-state index contributed by atoms with van der Waals surface area (Å²) in [5, 5.41) is 0. The van der Waals surface area contributed by atoms with Gasteiger partial charge in [0.25, 0.3) is 0 Å². The zero-order valence-electron chi connectivity index (χ0n) is 29.6. The van der Waals surface area contributed by atoms with Crippen LogP contribution >= 0.6 is 0 Å². The van der Waals surface area contributed by atoms with Gasteiger partial charge in [-0.25, -0.2) is 0 Å². The van der Waals surface area contributed by atoms with Gasteiger partial charge in [0.05, 0.1) is 13.2 Å². The molecule has 0 aromatic carbocycles. The Kier molecular flexibility index (Phi) is 10.2.